The summed E-state index contributed by atoms with van der Waals surface area (Å²) in [5, 5.41) is 2.53. The Balaban J connectivity index is 3.16. The molecule has 0 aromatic heterocycles. The number of carbonyl (C=O) groups excluding carboxylic acids is 3. The normalized spacial score (nSPS) is 9.75. The van der Waals surface area contributed by atoms with E-state index in [1.165, 1.54) is 25.1 Å². The van der Waals surface area contributed by atoms with Gasteiger partial charge in [-0.25, -0.2) is 9.59 Å². The van der Waals surface area contributed by atoms with Crippen molar-refractivity contribution in [3.63, 3.8) is 0 Å². The lowest BCUT2D eigenvalue weighted by Gasteiger charge is -2.09. The number of hydrogen-bond acceptors (Lipinski definition) is 5. The molecular weight excluding hydrogens is 262 g/mol. The number of amides is 1. The van der Waals surface area contributed by atoms with Gasteiger partial charge in [-0.05, 0) is 32.0 Å². The Hall–Kier alpha value is -2.37. The third-order valence-corrected chi connectivity index (χ3v) is 2.28. The van der Waals surface area contributed by atoms with Crippen molar-refractivity contribution in [2.45, 2.75) is 20.8 Å². The summed E-state index contributed by atoms with van der Waals surface area (Å²) in [4.78, 5) is 34.5. The summed E-state index contributed by atoms with van der Waals surface area (Å²) >= 11 is 0. The second-order valence-electron chi connectivity index (χ2n) is 3.92. The molecule has 0 spiro atoms. The molecule has 0 saturated heterocycles. The van der Waals surface area contributed by atoms with Crippen molar-refractivity contribution >= 4 is 23.5 Å². The molecule has 0 fully saturated rings. The average Bonchev–Trinajstić information content (AvgIpc) is 2.38. The predicted molar refractivity (Wildman–Crippen MR) is 72.7 cm³/mol. The van der Waals surface area contributed by atoms with E-state index in [0.717, 1.165) is 0 Å². The number of carbonyl (C=O) groups is 3. The lowest BCUT2D eigenvalue weighted by Crippen LogP contribution is -2.12. The summed E-state index contributed by atoms with van der Waals surface area (Å²) in [6.07, 6.45) is 0. The maximum Gasteiger partial charge on any atom is 0.338 e. The molecule has 0 atom stereocenters. The largest absolute Gasteiger partial charge is 0.462 e. The summed E-state index contributed by atoms with van der Waals surface area (Å²) in [5.41, 5.74) is 0.702. The van der Waals surface area contributed by atoms with Crippen LogP contribution in [0.2, 0.25) is 0 Å². The Kier molecular flexibility index (Phi) is 5.71. The smallest absolute Gasteiger partial charge is 0.338 e. The van der Waals surface area contributed by atoms with Crippen LogP contribution in [0.1, 0.15) is 41.5 Å². The van der Waals surface area contributed by atoms with Crippen molar-refractivity contribution in [3.05, 3.63) is 29.3 Å². The molecule has 0 radical (unpaired) electrons. The van der Waals surface area contributed by atoms with E-state index in [0.29, 0.717) is 5.69 Å². The minimum atomic E-state index is -0.565. The van der Waals surface area contributed by atoms with Crippen molar-refractivity contribution in [2.75, 3.05) is 18.5 Å². The highest BCUT2D eigenvalue weighted by Gasteiger charge is 2.15. The third-order valence-electron chi connectivity index (χ3n) is 2.28. The average molecular weight is 279 g/mol. The van der Waals surface area contributed by atoms with Crippen LogP contribution in [-0.4, -0.2) is 31.1 Å². The zero-order valence-electron chi connectivity index (χ0n) is 11.7. The Morgan fingerprint density at radius 2 is 1.40 bits per heavy atom. The molecule has 1 aromatic rings. The molecule has 0 bridgehead atoms. The summed E-state index contributed by atoms with van der Waals surface area (Å²) in [6.45, 7) is 5.14. The van der Waals surface area contributed by atoms with Crippen molar-refractivity contribution in [1.82, 2.24) is 0 Å². The van der Waals surface area contributed by atoms with E-state index in [1.54, 1.807) is 13.8 Å². The van der Waals surface area contributed by atoms with Crippen LogP contribution in [0.15, 0.2) is 18.2 Å². The van der Waals surface area contributed by atoms with Crippen LogP contribution in [0.4, 0.5) is 5.69 Å². The van der Waals surface area contributed by atoms with Gasteiger partial charge >= 0.3 is 11.9 Å². The topological polar surface area (TPSA) is 81.7 Å². The summed E-state index contributed by atoms with van der Waals surface area (Å²) in [6, 6.07) is 4.27. The standard InChI is InChI=1S/C14H17NO5/c1-4-19-13(17)10-6-11(14(18)20-5-2)8-12(7-10)15-9(3)16/h6-8H,4-5H2,1-3H3,(H,15,16). The second-order valence-corrected chi connectivity index (χ2v) is 3.92. The van der Waals surface area contributed by atoms with Gasteiger partial charge in [0.15, 0.2) is 0 Å². The second kappa shape index (κ2) is 7.28. The Morgan fingerprint density at radius 3 is 1.75 bits per heavy atom. The van der Waals surface area contributed by atoms with E-state index in [2.05, 4.69) is 5.32 Å². The Bertz CT molecular complexity index is 488. The van der Waals surface area contributed by atoms with Gasteiger partial charge in [-0.15, -0.1) is 0 Å². The van der Waals surface area contributed by atoms with Crippen molar-refractivity contribution in [2.24, 2.45) is 0 Å². The highest BCUT2D eigenvalue weighted by Crippen LogP contribution is 2.17. The summed E-state index contributed by atoms with van der Waals surface area (Å²) in [5.74, 6) is -1.43. The van der Waals surface area contributed by atoms with Crippen molar-refractivity contribution in [1.29, 1.82) is 0 Å². The minimum Gasteiger partial charge on any atom is -0.462 e. The van der Waals surface area contributed by atoms with E-state index >= 15 is 0 Å². The summed E-state index contributed by atoms with van der Waals surface area (Å²) < 4.78 is 9.76. The fraction of sp³-hybridized carbons (Fsp3) is 0.357. The third kappa shape index (κ3) is 4.38. The van der Waals surface area contributed by atoms with Crippen molar-refractivity contribution in [3.8, 4) is 0 Å². The van der Waals surface area contributed by atoms with Crippen LogP contribution >= 0.6 is 0 Å². The van der Waals surface area contributed by atoms with Gasteiger partial charge in [0.05, 0.1) is 24.3 Å². The van der Waals surface area contributed by atoms with Gasteiger partial charge < -0.3 is 14.8 Å². The molecule has 6 nitrogen and oxygen atoms in total. The fourth-order valence-electron chi connectivity index (χ4n) is 1.57. The highest BCUT2D eigenvalue weighted by atomic mass is 16.5. The number of ether oxygens (including phenoxy) is 2. The molecule has 20 heavy (non-hydrogen) atoms. The zero-order chi connectivity index (χ0) is 15.1. The maximum atomic E-state index is 11.7. The van der Waals surface area contributed by atoms with Crippen LogP contribution < -0.4 is 5.32 Å². The fourth-order valence-corrected chi connectivity index (χ4v) is 1.57. The minimum absolute atomic E-state index is 0.182. The number of hydrogen-bond donors (Lipinski definition) is 1. The van der Waals surface area contributed by atoms with E-state index in [9.17, 15) is 14.4 Å². The van der Waals surface area contributed by atoms with Gasteiger partial charge in [0.25, 0.3) is 0 Å². The Morgan fingerprint density at radius 1 is 0.950 bits per heavy atom. The molecule has 6 heteroatoms. The highest BCUT2D eigenvalue weighted by molar-refractivity contribution is 5.99. The lowest BCUT2D eigenvalue weighted by molar-refractivity contribution is -0.114. The molecule has 0 heterocycles. The van der Waals surface area contributed by atoms with E-state index in [-0.39, 0.29) is 30.2 Å². The van der Waals surface area contributed by atoms with Crippen LogP contribution in [0, 0.1) is 0 Å². The predicted octanol–water partition coefficient (Wildman–Crippen LogP) is 2.00. The Labute approximate surface area is 117 Å². The molecular formula is C14H17NO5. The van der Waals surface area contributed by atoms with Crippen molar-refractivity contribution < 1.29 is 23.9 Å². The molecule has 1 amide bonds. The molecule has 0 aliphatic heterocycles. The summed E-state index contributed by atoms with van der Waals surface area (Å²) in [7, 11) is 0. The number of rotatable bonds is 5. The number of esters is 2. The van der Waals surface area contributed by atoms with Gasteiger partial charge in [-0.1, -0.05) is 0 Å². The van der Waals surface area contributed by atoms with Crippen LogP contribution in [0.25, 0.3) is 0 Å². The maximum absolute atomic E-state index is 11.7. The lowest BCUT2D eigenvalue weighted by atomic mass is 10.1. The number of anilines is 1. The first kappa shape index (κ1) is 15.7. The van der Waals surface area contributed by atoms with Gasteiger partial charge in [-0.2, -0.15) is 0 Å². The molecule has 1 N–H and O–H groups in total. The number of nitrogens with one attached hydrogen (secondary N) is 1. The SMILES string of the molecule is CCOC(=O)c1cc(NC(C)=O)cc(C(=O)OCC)c1. The van der Waals surface area contributed by atoms with Gasteiger partial charge in [0.1, 0.15) is 0 Å². The molecule has 0 saturated carbocycles. The first-order valence-corrected chi connectivity index (χ1v) is 6.24. The first-order chi connectivity index (χ1) is 9.47. The molecule has 1 rings (SSSR count). The number of benzene rings is 1. The first-order valence-electron chi connectivity index (χ1n) is 6.24. The molecule has 0 unspecified atom stereocenters. The molecule has 0 aliphatic carbocycles. The van der Waals surface area contributed by atoms with E-state index < -0.39 is 11.9 Å². The van der Waals surface area contributed by atoms with E-state index in [1.807, 2.05) is 0 Å². The molecule has 108 valence electrons. The van der Waals surface area contributed by atoms with Gasteiger partial charge in [0.2, 0.25) is 5.91 Å². The monoisotopic (exact) mass is 279 g/mol. The van der Waals surface area contributed by atoms with E-state index in [4.69, 9.17) is 9.47 Å². The zero-order valence-corrected chi connectivity index (χ0v) is 11.7. The quantitative estimate of drug-likeness (QED) is 0.834. The van der Waals surface area contributed by atoms with Gasteiger partial charge in [-0.3, -0.25) is 4.79 Å². The molecule has 0 aliphatic rings. The van der Waals surface area contributed by atoms with Crippen LogP contribution in [0.5, 0.6) is 0 Å². The van der Waals surface area contributed by atoms with Crippen LogP contribution in [-0.2, 0) is 14.3 Å². The van der Waals surface area contributed by atoms with Crippen LogP contribution in [0.3, 0.4) is 0 Å². The molecule has 1 aromatic carbocycles. The van der Waals surface area contributed by atoms with Gasteiger partial charge in [0, 0.05) is 12.6 Å².